The van der Waals surface area contributed by atoms with Crippen molar-refractivity contribution in [3.05, 3.63) is 35.4 Å². The van der Waals surface area contributed by atoms with Gasteiger partial charge in [-0.25, -0.2) is 0 Å². The van der Waals surface area contributed by atoms with Gasteiger partial charge in [-0.3, -0.25) is 0 Å². The maximum atomic E-state index is 10.4. The molecule has 0 aromatic heterocycles. The van der Waals surface area contributed by atoms with Gasteiger partial charge in [0.05, 0.1) is 6.10 Å². The molecule has 1 aliphatic rings. The molecule has 1 unspecified atom stereocenters. The van der Waals surface area contributed by atoms with Gasteiger partial charge in [0.25, 0.3) is 0 Å². The van der Waals surface area contributed by atoms with E-state index in [1.165, 1.54) is 5.56 Å². The summed E-state index contributed by atoms with van der Waals surface area (Å²) in [5.41, 5.74) is 2.40. The molecule has 1 N–H and O–H groups in total. The van der Waals surface area contributed by atoms with Crippen LogP contribution < -0.4 is 0 Å². The highest BCUT2D eigenvalue weighted by Crippen LogP contribution is 2.30. The van der Waals surface area contributed by atoms with Crippen LogP contribution in [0.1, 0.15) is 43.9 Å². The molecule has 2 heteroatoms. The monoisotopic (exact) mass is 248 g/mol. The summed E-state index contributed by atoms with van der Waals surface area (Å²) in [5.74, 6) is 1.01. The lowest BCUT2D eigenvalue weighted by atomic mass is 9.88. The van der Waals surface area contributed by atoms with E-state index in [2.05, 4.69) is 32.0 Å². The maximum absolute atomic E-state index is 10.4. The molecule has 0 radical (unpaired) electrons. The Balaban J connectivity index is 2.06. The van der Waals surface area contributed by atoms with Crippen LogP contribution in [0.25, 0.3) is 0 Å². The quantitative estimate of drug-likeness (QED) is 0.885. The number of ether oxygens (including phenoxy) is 1. The topological polar surface area (TPSA) is 29.5 Å². The van der Waals surface area contributed by atoms with E-state index >= 15 is 0 Å². The van der Waals surface area contributed by atoms with Gasteiger partial charge < -0.3 is 9.84 Å². The third kappa shape index (κ3) is 3.56. The van der Waals surface area contributed by atoms with E-state index in [4.69, 9.17) is 4.74 Å². The fourth-order valence-corrected chi connectivity index (χ4v) is 2.68. The molecule has 1 aromatic rings. The third-order valence-corrected chi connectivity index (χ3v) is 3.65. The van der Waals surface area contributed by atoms with Gasteiger partial charge in [-0.05, 0) is 42.2 Å². The van der Waals surface area contributed by atoms with Crippen molar-refractivity contribution in [1.82, 2.24) is 0 Å². The van der Waals surface area contributed by atoms with E-state index in [1.807, 2.05) is 6.07 Å². The lowest BCUT2D eigenvalue weighted by Gasteiger charge is -2.27. The second kappa shape index (κ2) is 6.35. The van der Waals surface area contributed by atoms with Crippen molar-refractivity contribution in [2.45, 2.75) is 39.2 Å². The molecule has 100 valence electrons. The van der Waals surface area contributed by atoms with Gasteiger partial charge in [0.15, 0.2) is 0 Å². The molecule has 0 saturated carbocycles. The summed E-state index contributed by atoms with van der Waals surface area (Å²) >= 11 is 0. The van der Waals surface area contributed by atoms with Gasteiger partial charge >= 0.3 is 0 Å². The number of hydrogen-bond acceptors (Lipinski definition) is 2. The highest BCUT2D eigenvalue weighted by Gasteiger charge is 2.23. The Morgan fingerprint density at radius 2 is 2.00 bits per heavy atom. The first-order valence-corrected chi connectivity index (χ1v) is 7.01. The molecule has 0 spiro atoms. The zero-order valence-electron chi connectivity index (χ0n) is 11.4. The first-order valence-electron chi connectivity index (χ1n) is 7.01. The smallest absolute Gasteiger partial charge is 0.0820 e. The lowest BCUT2D eigenvalue weighted by Crippen LogP contribution is -2.22. The Kier molecular flexibility index (Phi) is 4.79. The van der Waals surface area contributed by atoms with Crippen molar-refractivity contribution in [2.75, 3.05) is 13.2 Å². The summed E-state index contributed by atoms with van der Waals surface area (Å²) in [4.78, 5) is 0. The second-order valence-electron chi connectivity index (χ2n) is 5.74. The highest BCUT2D eigenvalue weighted by molar-refractivity contribution is 5.26. The average Bonchev–Trinajstić information content (AvgIpc) is 2.38. The number of aliphatic hydroxyl groups excluding tert-OH is 1. The van der Waals surface area contributed by atoms with Crippen LogP contribution in [0, 0.1) is 11.8 Å². The maximum Gasteiger partial charge on any atom is 0.0820 e. The molecule has 1 aliphatic heterocycles. The molecule has 0 amide bonds. The van der Waals surface area contributed by atoms with Crippen molar-refractivity contribution < 1.29 is 9.84 Å². The molecule has 1 aromatic carbocycles. The van der Waals surface area contributed by atoms with E-state index in [1.54, 1.807) is 0 Å². The van der Waals surface area contributed by atoms with Crippen LogP contribution in [-0.2, 0) is 11.2 Å². The Labute approximate surface area is 110 Å². The number of rotatable bonds is 4. The van der Waals surface area contributed by atoms with Crippen molar-refractivity contribution >= 4 is 0 Å². The lowest BCUT2D eigenvalue weighted by molar-refractivity contribution is 0.00716. The number of benzene rings is 1. The Hall–Kier alpha value is -0.860. The van der Waals surface area contributed by atoms with Crippen LogP contribution >= 0.6 is 0 Å². The molecule has 18 heavy (non-hydrogen) atoms. The zero-order chi connectivity index (χ0) is 13.0. The minimum Gasteiger partial charge on any atom is -0.388 e. The van der Waals surface area contributed by atoms with E-state index in [9.17, 15) is 5.11 Å². The van der Waals surface area contributed by atoms with Crippen LogP contribution in [0.2, 0.25) is 0 Å². The molecular weight excluding hydrogens is 224 g/mol. The Bertz CT molecular complexity index is 367. The number of hydrogen-bond donors (Lipinski definition) is 1. The van der Waals surface area contributed by atoms with Crippen LogP contribution in [0.4, 0.5) is 0 Å². The first kappa shape index (κ1) is 13.6. The summed E-state index contributed by atoms with van der Waals surface area (Å²) < 4.78 is 5.35. The van der Waals surface area contributed by atoms with Crippen molar-refractivity contribution in [3.8, 4) is 0 Å². The van der Waals surface area contributed by atoms with Crippen LogP contribution in [-0.4, -0.2) is 18.3 Å². The molecular formula is C16H24O2. The number of aliphatic hydroxyl groups is 1. The SMILES string of the molecule is CC(C)Cc1cccc(C(O)C2CCOCC2)c1. The summed E-state index contributed by atoms with van der Waals surface area (Å²) in [6.07, 6.45) is 2.68. The fraction of sp³-hybridized carbons (Fsp3) is 0.625. The molecule has 2 nitrogen and oxygen atoms in total. The van der Waals surface area contributed by atoms with E-state index in [0.29, 0.717) is 11.8 Å². The Morgan fingerprint density at radius 3 is 2.67 bits per heavy atom. The fourth-order valence-electron chi connectivity index (χ4n) is 2.68. The minimum atomic E-state index is -0.332. The molecule has 2 rings (SSSR count). The zero-order valence-corrected chi connectivity index (χ0v) is 11.4. The van der Waals surface area contributed by atoms with Gasteiger partial charge in [0, 0.05) is 13.2 Å². The molecule has 0 bridgehead atoms. The van der Waals surface area contributed by atoms with Crippen LogP contribution in [0.5, 0.6) is 0 Å². The highest BCUT2D eigenvalue weighted by atomic mass is 16.5. The predicted molar refractivity (Wildman–Crippen MR) is 73.5 cm³/mol. The van der Waals surface area contributed by atoms with Crippen molar-refractivity contribution in [1.29, 1.82) is 0 Å². The average molecular weight is 248 g/mol. The summed E-state index contributed by atoms with van der Waals surface area (Å²) in [6, 6.07) is 8.43. The summed E-state index contributed by atoms with van der Waals surface area (Å²) in [5, 5.41) is 10.4. The summed E-state index contributed by atoms with van der Waals surface area (Å²) in [6.45, 7) is 6.02. The summed E-state index contributed by atoms with van der Waals surface area (Å²) in [7, 11) is 0. The Morgan fingerprint density at radius 1 is 1.28 bits per heavy atom. The normalized spacial score (nSPS) is 19.1. The minimum absolute atomic E-state index is 0.332. The van der Waals surface area contributed by atoms with E-state index in [-0.39, 0.29) is 6.10 Å². The van der Waals surface area contributed by atoms with Gasteiger partial charge in [-0.1, -0.05) is 38.1 Å². The van der Waals surface area contributed by atoms with E-state index in [0.717, 1.165) is 38.0 Å². The second-order valence-corrected chi connectivity index (χ2v) is 5.74. The van der Waals surface area contributed by atoms with Crippen molar-refractivity contribution in [2.24, 2.45) is 11.8 Å². The standard InChI is InChI=1S/C16H24O2/c1-12(2)10-13-4-3-5-15(11-13)16(17)14-6-8-18-9-7-14/h3-5,11-12,14,16-17H,6-10H2,1-2H3. The van der Waals surface area contributed by atoms with Gasteiger partial charge in [0.2, 0.25) is 0 Å². The molecule has 1 saturated heterocycles. The largest absolute Gasteiger partial charge is 0.388 e. The molecule has 0 aliphatic carbocycles. The molecule has 1 atom stereocenters. The predicted octanol–water partition coefficient (Wildman–Crippen LogP) is 3.35. The third-order valence-electron chi connectivity index (χ3n) is 3.65. The van der Waals surface area contributed by atoms with Gasteiger partial charge in [-0.15, -0.1) is 0 Å². The van der Waals surface area contributed by atoms with Crippen molar-refractivity contribution in [3.63, 3.8) is 0 Å². The first-order chi connectivity index (χ1) is 8.66. The van der Waals surface area contributed by atoms with Crippen LogP contribution in [0.15, 0.2) is 24.3 Å². The van der Waals surface area contributed by atoms with Gasteiger partial charge in [0.1, 0.15) is 0 Å². The van der Waals surface area contributed by atoms with Gasteiger partial charge in [-0.2, -0.15) is 0 Å². The molecule has 1 heterocycles. The van der Waals surface area contributed by atoms with E-state index < -0.39 is 0 Å². The van der Waals surface area contributed by atoms with Crippen LogP contribution in [0.3, 0.4) is 0 Å². The molecule has 1 fully saturated rings.